The van der Waals surface area contributed by atoms with E-state index in [9.17, 15) is 0 Å². The van der Waals surface area contributed by atoms with Gasteiger partial charge in [0.25, 0.3) is 0 Å². The van der Waals surface area contributed by atoms with E-state index in [0.717, 1.165) is 0 Å². The lowest BCUT2D eigenvalue weighted by molar-refractivity contribution is 0.357. The minimum absolute atomic E-state index is 0.161. The van der Waals surface area contributed by atoms with E-state index in [2.05, 4.69) is 6.58 Å². The molecule has 0 heterocycles. The van der Waals surface area contributed by atoms with Gasteiger partial charge < -0.3 is 4.74 Å². The monoisotopic (exact) mass is 227 g/mol. The van der Waals surface area contributed by atoms with E-state index in [0.29, 0.717) is 21.4 Å². The highest BCUT2D eigenvalue weighted by atomic mass is 35.5. The maximum absolute atomic E-state index is 8.43. The Morgan fingerprint density at radius 1 is 1.43 bits per heavy atom. The first-order valence-electron chi connectivity index (χ1n) is 3.79. The summed E-state index contributed by atoms with van der Waals surface area (Å²) in [7, 11) is 0. The third-order valence-electron chi connectivity index (χ3n) is 1.46. The van der Waals surface area contributed by atoms with Crippen LogP contribution in [0.2, 0.25) is 10.0 Å². The zero-order valence-corrected chi connectivity index (χ0v) is 8.77. The van der Waals surface area contributed by atoms with Gasteiger partial charge in [-0.1, -0.05) is 29.8 Å². The largest absolute Gasteiger partial charge is 0.488 e. The van der Waals surface area contributed by atoms with Crippen LogP contribution < -0.4 is 4.74 Å². The van der Waals surface area contributed by atoms with Crippen molar-refractivity contribution in [3.63, 3.8) is 0 Å². The van der Waals surface area contributed by atoms with Crippen LogP contribution in [0.4, 0.5) is 0 Å². The number of rotatable bonds is 3. The molecule has 0 N–H and O–H groups in total. The van der Waals surface area contributed by atoms with Crippen LogP contribution in [-0.4, -0.2) is 6.61 Å². The quantitative estimate of drug-likeness (QED) is 0.742. The summed E-state index contributed by atoms with van der Waals surface area (Å²) in [4.78, 5) is 0. The van der Waals surface area contributed by atoms with Crippen LogP contribution in [0.25, 0.3) is 0 Å². The zero-order chi connectivity index (χ0) is 10.6. The van der Waals surface area contributed by atoms with Crippen molar-refractivity contribution >= 4 is 23.2 Å². The smallest absolute Gasteiger partial charge is 0.123 e. The summed E-state index contributed by atoms with van der Waals surface area (Å²) in [5.74, 6) is 0.566. The summed E-state index contributed by atoms with van der Waals surface area (Å²) in [6, 6.07) is 6.79. The van der Waals surface area contributed by atoms with E-state index >= 15 is 0 Å². The molecule has 0 saturated heterocycles. The molecule has 0 saturated carbocycles. The summed E-state index contributed by atoms with van der Waals surface area (Å²) in [5.41, 5.74) is 0.357. The van der Waals surface area contributed by atoms with Gasteiger partial charge in [-0.3, -0.25) is 0 Å². The Bertz CT molecular complexity index is 396. The third kappa shape index (κ3) is 2.95. The predicted molar refractivity (Wildman–Crippen MR) is 56.7 cm³/mol. The molecule has 0 amide bonds. The van der Waals surface area contributed by atoms with E-state index in [-0.39, 0.29) is 6.61 Å². The molecule has 2 nitrogen and oxygen atoms in total. The van der Waals surface area contributed by atoms with Crippen molar-refractivity contribution in [1.29, 1.82) is 5.26 Å². The van der Waals surface area contributed by atoms with Crippen LogP contribution in [0.3, 0.4) is 0 Å². The first-order chi connectivity index (χ1) is 6.63. The summed E-state index contributed by atoms with van der Waals surface area (Å²) in [6.45, 7) is 3.64. The Balaban J connectivity index is 2.65. The lowest BCUT2D eigenvalue weighted by Gasteiger charge is -2.05. The Hall–Kier alpha value is -1.17. The molecule has 1 aromatic rings. The number of halogens is 2. The second kappa shape index (κ2) is 4.90. The van der Waals surface area contributed by atoms with Gasteiger partial charge >= 0.3 is 0 Å². The highest BCUT2D eigenvalue weighted by Gasteiger charge is 2.00. The second-order valence-electron chi connectivity index (χ2n) is 2.58. The van der Waals surface area contributed by atoms with Crippen molar-refractivity contribution in [2.75, 3.05) is 6.61 Å². The van der Waals surface area contributed by atoms with Crippen molar-refractivity contribution in [3.05, 3.63) is 40.4 Å². The zero-order valence-electron chi connectivity index (χ0n) is 7.26. The van der Waals surface area contributed by atoms with E-state index in [1.807, 2.05) is 6.07 Å². The summed E-state index contributed by atoms with van der Waals surface area (Å²) in [6.07, 6.45) is 0. The average molecular weight is 228 g/mol. The molecule has 0 spiro atoms. The molecule has 4 heteroatoms. The van der Waals surface area contributed by atoms with Gasteiger partial charge in [-0.25, -0.2) is 0 Å². The lowest BCUT2D eigenvalue weighted by atomic mass is 10.3. The molecule has 14 heavy (non-hydrogen) atoms. The number of benzene rings is 1. The molecular weight excluding hydrogens is 221 g/mol. The van der Waals surface area contributed by atoms with Crippen molar-refractivity contribution in [2.45, 2.75) is 0 Å². The average Bonchev–Trinajstić information content (AvgIpc) is 2.19. The first-order valence-corrected chi connectivity index (χ1v) is 4.55. The molecule has 1 rings (SSSR count). The molecule has 0 aliphatic rings. The van der Waals surface area contributed by atoms with Crippen LogP contribution in [0.5, 0.6) is 5.75 Å². The Labute approximate surface area is 92.3 Å². The van der Waals surface area contributed by atoms with Crippen LogP contribution in [0, 0.1) is 11.3 Å². The fourth-order valence-corrected chi connectivity index (χ4v) is 1.06. The molecule has 1 aromatic carbocycles. The van der Waals surface area contributed by atoms with Gasteiger partial charge in [0.05, 0.1) is 21.7 Å². The van der Waals surface area contributed by atoms with Crippen molar-refractivity contribution < 1.29 is 4.74 Å². The lowest BCUT2D eigenvalue weighted by Crippen LogP contribution is -1.98. The summed E-state index contributed by atoms with van der Waals surface area (Å²) < 4.78 is 5.23. The summed E-state index contributed by atoms with van der Waals surface area (Å²) in [5, 5.41) is 9.33. The molecule has 0 bridgehead atoms. The van der Waals surface area contributed by atoms with Gasteiger partial charge in [0.2, 0.25) is 0 Å². The standard InChI is InChI=1S/C10H7Cl2NO/c1-7(5-13)6-14-8-2-3-9(11)10(12)4-8/h2-4H,1,6H2. The number of ether oxygens (including phenoxy) is 1. The SMILES string of the molecule is C=C(C#N)COc1ccc(Cl)c(Cl)c1. The van der Waals surface area contributed by atoms with Crippen LogP contribution in [-0.2, 0) is 0 Å². The van der Waals surface area contributed by atoms with Gasteiger partial charge in [0.1, 0.15) is 12.4 Å². The highest BCUT2D eigenvalue weighted by Crippen LogP contribution is 2.26. The van der Waals surface area contributed by atoms with Gasteiger partial charge in [-0.15, -0.1) is 0 Å². The van der Waals surface area contributed by atoms with E-state index in [1.54, 1.807) is 18.2 Å². The maximum atomic E-state index is 8.43. The van der Waals surface area contributed by atoms with E-state index in [1.165, 1.54) is 0 Å². The predicted octanol–water partition coefficient (Wildman–Crippen LogP) is 3.45. The Morgan fingerprint density at radius 3 is 2.71 bits per heavy atom. The van der Waals surface area contributed by atoms with Crippen LogP contribution in [0.15, 0.2) is 30.4 Å². The number of hydrogen-bond donors (Lipinski definition) is 0. The molecule has 0 aliphatic heterocycles. The molecule has 0 unspecified atom stereocenters. The van der Waals surface area contributed by atoms with E-state index in [4.69, 9.17) is 33.2 Å². The minimum atomic E-state index is 0.161. The fourth-order valence-electron chi connectivity index (χ4n) is 0.769. The van der Waals surface area contributed by atoms with Gasteiger partial charge in [0.15, 0.2) is 0 Å². The Kier molecular flexibility index (Phi) is 3.82. The molecular formula is C10H7Cl2NO. The molecule has 0 atom stereocenters. The van der Waals surface area contributed by atoms with Gasteiger partial charge in [-0.05, 0) is 12.1 Å². The van der Waals surface area contributed by atoms with Crippen LogP contribution in [0.1, 0.15) is 0 Å². The van der Waals surface area contributed by atoms with Crippen molar-refractivity contribution in [1.82, 2.24) is 0 Å². The topological polar surface area (TPSA) is 33.0 Å². The number of hydrogen-bond acceptors (Lipinski definition) is 2. The van der Waals surface area contributed by atoms with Gasteiger partial charge in [-0.2, -0.15) is 5.26 Å². The molecule has 0 aromatic heterocycles. The maximum Gasteiger partial charge on any atom is 0.123 e. The van der Waals surface area contributed by atoms with E-state index < -0.39 is 0 Å². The first kappa shape index (κ1) is 10.9. The fraction of sp³-hybridized carbons (Fsp3) is 0.100. The molecule has 0 aliphatic carbocycles. The third-order valence-corrected chi connectivity index (χ3v) is 2.20. The van der Waals surface area contributed by atoms with Crippen LogP contribution >= 0.6 is 23.2 Å². The van der Waals surface area contributed by atoms with Gasteiger partial charge in [0, 0.05) is 6.07 Å². The summed E-state index contributed by atoms with van der Waals surface area (Å²) >= 11 is 11.5. The normalized spacial score (nSPS) is 9.21. The molecule has 0 fully saturated rings. The highest BCUT2D eigenvalue weighted by molar-refractivity contribution is 6.42. The van der Waals surface area contributed by atoms with Crippen molar-refractivity contribution in [3.8, 4) is 11.8 Å². The molecule has 0 radical (unpaired) electrons. The molecule has 72 valence electrons. The Morgan fingerprint density at radius 2 is 2.14 bits per heavy atom. The second-order valence-corrected chi connectivity index (χ2v) is 3.39. The number of nitriles is 1. The van der Waals surface area contributed by atoms with Crippen molar-refractivity contribution in [2.24, 2.45) is 0 Å². The number of nitrogens with zero attached hydrogens (tertiary/aromatic N) is 1. The minimum Gasteiger partial charge on any atom is -0.488 e.